The van der Waals surface area contributed by atoms with Gasteiger partial charge in [-0.2, -0.15) is 4.52 Å². The van der Waals surface area contributed by atoms with Crippen molar-refractivity contribution in [3.8, 4) is 5.88 Å². The highest BCUT2D eigenvalue weighted by molar-refractivity contribution is 7.17. The molecule has 166 valence electrons. The van der Waals surface area contributed by atoms with E-state index in [9.17, 15) is 5.11 Å². The van der Waals surface area contributed by atoms with Gasteiger partial charge < -0.3 is 10.0 Å². The lowest BCUT2D eigenvalue weighted by atomic mass is 10.0. The van der Waals surface area contributed by atoms with Crippen LogP contribution in [0.25, 0.3) is 4.96 Å². The summed E-state index contributed by atoms with van der Waals surface area (Å²) in [6, 6.07) is 16.0. The molecule has 3 heterocycles. The molecule has 2 aromatic carbocycles. The van der Waals surface area contributed by atoms with E-state index in [4.69, 9.17) is 23.2 Å². The molecule has 0 bridgehead atoms. The molecule has 9 heteroatoms. The quantitative estimate of drug-likeness (QED) is 0.415. The second-order valence-electron chi connectivity index (χ2n) is 7.80. The van der Waals surface area contributed by atoms with E-state index in [2.05, 4.69) is 44.1 Å². The summed E-state index contributed by atoms with van der Waals surface area (Å²) in [6.07, 6.45) is 0.723. The highest BCUT2D eigenvalue weighted by Crippen LogP contribution is 2.41. The zero-order chi connectivity index (χ0) is 22.2. The van der Waals surface area contributed by atoms with Crippen molar-refractivity contribution in [2.75, 3.05) is 31.1 Å². The fourth-order valence-corrected chi connectivity index (χ4v) is 5.65. The number of halogens is 2. The first-order chi connectivity index (χ1) is 15.5. The molecule has 0 saturated carbocycles. The van der Waals surface area contributed by atoms with Crippen molar-refractivity contribution in [2.24, 2.45) is 0 Å². The highest BCUT2D eigenvalue weighted by Gasteiger charge is 2.32. The van der Waals surface area contributed by atoms with Crippen LogP contribution in [0.4, 0.5) is 5.69 Å². The summed E-state index contributed by atoms with van der Waals surface area (Å²) in [7, 11) is 0. The van der Waals surface area contributed by atoms with Crippen LogP contribution in [-0.2, 0) is 6.42 Å². The Kier molecular flexibility index (Phi) is 5.99. The van der Waals surface area contributed by atoms with Gasteiger partial charge >= 0.3 is 0 Å². The third-order valence-electron chi connectivity index (χ3n) is 5.87. The number of thiazole rings is 1. The molecule has 1 atom stereocenters. The SMILES string of the molecule is CCc1nc2sc([C@@H](c3ccc(Cl)c(Cl)c3)N3CCN(c4ccccc4)CC3)c(O)n2n1. The number of nitrogens with zero attached hydrogens (tertiary/aromatic N) is 5. The van der Waals surface area contributed by atoms with Gasteiger partial charge in [0, 0.05) is 38.3 Å². The predicted octanol–water partition coefficient (Wildman–Crippen LogP) is 5.28. The molecule has 6 nitrogen and oxygen atoms in total. The van der Waals surface area contributed by atoms with Crippen LogP contribution in [0.3, 0.4) is 0 Å². The maximum atomic E-state index is 11.1. The Morgan fingerprint density at radius 1 is 1.03 bits per heavy atom. The molecular weight excluding hydrogens is 465 g/mol. The first-order valence-corrected chi connectivity index (χ1v) is 12.2. The van der Waals surface area contributed by atoms with Gasteiger partial charge in [-0.1, -0.05) is 65.7 Å². The van der Waals surface area contributed by atoms with Crippen LogP contribution in [0, 0.1) is 0 Å². The first-order valence-electron chi connectivity index (χ1n) is 10.6. The highest BCUT2D eigenvalue weighted by atomic mass is 35.5. The minimum absolute atomic E-state index is 0.138. The first kappa shape index (κ1) is 21.5. The molecule has 0 amide bonds. The second kappa shape index (κ2) is 8.90. The minimum atomic E-state index is -0.165. The van der Waals surface area contributed by atoms with Gasteiger partial charge in [-0.15, -0.1) is 5.10 Å². The molecular formula is C23H23Cl2N5OS. The van der Waals surface area contributed by atoms with Crippen molar-refractivity contribution in [3.63, 3.8) is 0 Å². The molecule has 1 saturated heterocycles. The molecule has 0 aliphatic carbocycles. The van der Waals surface area contributed by atoms with E-state index in [1.165, 1.54) is 17.0 Å². The van der Waals surface area contributed by atoms with Gasteiger partial charge in [0.1, 0.15) is 0 Å². The Bertz CT molecular complexity index is 1230. The van der Waals surface area contributed by atoms with Gasteiger partial charge in [0.05, 0.1) is 21.0 Å². The number of piperazine rings is 1. The van der Waals surface area contributed by atoms with Gasteiger partial charge in [0.25, 0.3) is 0 Å². The standard InChI is InChI=1S/C23H23Cl2N5OS/c1-2-19-26-23-30(27-19)22(31)21(32-23)20(15-8-9-17(24)18(25)14-15)29-12-10-28(11-13-29)16-6-4-3-5-7-16/h3-9,14,20,31H,2,10-13H2,1H3/t20-/m1/s1. The van der Waals surface area contributed by atoms with Crippen molar-refractivity contribution in [1.82, 2.24) is 19.5 Å². The molecule has 1 N–H and O–H groups in total. The van der Waals surface area contributed by atoms with E-state index in [1.54, 1.807) is 4.52 Å². The van der Waals surface area contributed by atoms with E-state index >= 15 is 0 Å². The maximum Gasteiger partial charge on any atom is 0.230 e. The number of aromatic hydroxyl groups is 1. The van der Waals surface area contributed by atoms with E-state index in [1.807, 2.05) is 31.2 Å². The van der Waals surface area contributed by atoms with E-state index < -0.39 is 0 Å². The fraction of sp³-hybridized carbons (Fsp3) is 0.304. The summed E-state index contributed by atoms with van der Waals surface area (Å²) < 4.78 is 1.55. The van der Waals surface area contributed by atoms with Crippen LogP contribution in [0.5, 0.6) is 5.88 Å². The third kappa shape index (κ3) is 3.94. The van der Waals surface area contributed by atoms with Crippen LogP contribution in [0.1, 0.15) is 29.2 Å². The van der Waals surface area contributed by atoms with Crippen molar-refractivity contribution >= 4 is 45.2 Å². The van der Waals surface area contributed by atoms with Gasteiger partial charge in [-0.05, 0) is 29.8 Å². The van der Waals surface area contributed by atoms with Gasteiger partial charge in [0.15, 0.2) is 5.82 Å². The largest absolute Gasteiger partial charge is 0.492 e. The monoisotopic (exact) mass is 487 g/mol. The van der Waals surface area contributed by atoms with Crippen molar-refractivity contribution in [2.45, 2.75) is 19.4 Å². The second-order valence-corrected chi connectivity index (χ2v) is 9.62. The Hall–Kier alpha value is -2.32. The number of hydrogen-bond acceptors (Lipinski definition) is 6. The van der Waals surface area contributed by atoms with Gasteiger partial charge in [0.2, 0.25) is 10.8 Å². The van der Waals surface area contributed by atoms with Crippen molar-refractivity contribution in [3.05, 3.63) is 74.8 Å². The lowest BCUT2D eigenvalue weighted by Crippen LogP contribution is -2.47. The lowest BCUT2D eigenvalue weighted by Gasteiger charge is -2.40. The third-order valence-corrected chi connectivity index (χ3v) is 7.68. The number of fused-ring (bicyclic) bond motifs is 1. The maximum absolute atomic E-state index is 11.1. The molecule has 0 spiro atoms. The molecule has 32 heavy (non-hydrogen) atoms. The van der Waals surface area contributed by atoms with E-state index in [0.717, 1.165) is 48.9 Å². The van der Waals surface area contributed by atoms with Crippen LogP contribution in [-0.4, -0.2) is 50.8 Å². The number of rotatable bonds is 5. The van der Waals surface area contributed by atoms with Crippen molar-refractivity contribution in [1.29, 1.82) is 0 Å². The van der Waals surface area contributed by atoms with Crippen LogP contribution >= 0.6 is 34.5 Å². The molecule has 5 rings (SSSR count). The van der Waals surface area contributed by atoms with Crippen LogP contribution in [0.15, 0.2) is 48.5 Å². The Morgan fingerprint density at radius 2 is 1.78 bits per heavy atom. The zero-order valence-electron chi connectivity index (χ0n) is 17.6. The molecule has 0 unspecified atom stereocenters. The predicted molar refractivity (Wildman–Crippen MR) is 130 cm³/mol. The van der Waals surface area contributed by atoms with Crippen LogP contribution < -0.4 is 4.90 Å². The number of anilines is 1. The molecule has 1 aliphatic rings. The van der Waals surface area contributed by atoms with Crippen molar-refractivity contribution < 1.29 is 5.11 Å². The molecule has 1 fully saturated rings. The Labute approximate surface area is 200 Å². The van der Waals surface area contributed by atoms with E-state index in [-0.39, 0.29) is 11.9 Å². The normalized spacial score (nSPS) is 16.0. The molecule has 2 aromatic heterocycles. The summed E-state index contributed by atoms with van der Waals surface area (Å²) >= 11 is 14.0. The smallest absolute Gasteiger partial charge is 0.230 e. The Balaban J connectivity index is 1.50. The molecule has 4 aromatic rings. The van der Waals surface area contributed by atoms with Crippen LogP contribution in [0.2, 0.25) is 10.0 Å². The van der Waals surface area contributed by atoms with Gasteiger partial charge in [-0.3, -0.25) is 4.90 Å². The number of para-hydroxylation sites is 1. The summed E-state index contributed by atoms with van der Waals surface area (Å²) in [5, 5.41) is 16.6. The number of aromatic nitrogens is 3. The van der Waals surface area contributed by atoms with E-state index in [0.29, 0.717) is 15.0 Å². The topological polar surface area (TPSA) is 56.9 Å². The number of hydrogen-bond donors (Lipinski definition) is 1. The Morgan fingerprint density at radius 3 is 2.44 bits per heavy atom. The number of benzene rings is 2. The molecule has 0 radical (unpaired) electrons. The average molecular weight is 488 g/mol. The zero-order valence-corrected chi connectivity index (χ0v) is 19.9. The summed E-state index contributed by atoms with van der Waals surface area (Å²) in [5.41, 5.74) is 2.22. The molecule has 1 aliphatic heterocycles. The number of aryl methyl sites for hydroxylation is 1. The summed E-state index contributed by atoms with van der Waals surface area (Å²) in [4.78, 5) is 10.8. The summed E-state index contributed by atoms with van der Waals surface area (Å²) in [5.74, 6) is 0.861. The average Bonchev–Trinajstić information content (AvgIpc) is 3.36. The minimum Gasteiger partial charge on any atom is -0.492 e. The lowest BCUT2D eigenvalue weighted by molar-refractivity contribution is 0.211. The van der Waals surface area contributed by atoms with Gasteiger partial charge in [-0.25, -0.2) is 4.98 Å². The fourth-order valence-electron chi connectivity index (χ4n) is 4.21. The summed E-state index contributed by atoms with van der Waals surface area (Å²) in [6.45, 7) is 5.47.